The van der Waals surface area contributed by atoms with Crippen molar-refractivity contribution in [2.24, 2.45) is 5.92 Å². The van der Waals surface area contributed by atoms with Crippen LogP contribution in [-0.4, -0.2) is 17.8 Å². The highest BCUT2D eigenvalue weighted by molar-refractivity contribution is 5.47. The summed E-state index contributed by atoms with van der Waals surface area (Å²) >= 11 is 0. The first-order valence-electron chi connectivity index (χ1n) is 5.39. The van der Waals surface area contributed by atoms with Crippen molar-refractivity contribution < 1.29 is 18.3 Å². The van der Waals surface area contributed by atoms with E-state index in [1.165, 1.54) is 6.07 Å². The summed E-state index contributed by atoms with van der Waals surface area (Å²) in [6.07, 6.45) is -4.34. The van der Waals surface area contributed by atoms with Gasteiger partial charge in [0.25, 0.3) is 0 Å². The zero-order valence-electron chi connectivity index (χ0n) is 9.75. The number of alkyl halides is 3. The summed E-state index contributed by atoms with van der Waals surface area (Å²) in [5.74, 6) is 0.134. The van der Waals surface area contributed by atoms with Crippen molar-refractivity contribution >= 4 is 5.69 Å². The first-order valence-corrected chi connectivity index (χ1v) is 5.39. The Morgan fingerprint density at radius 2 is 1.94 bits per heavy atom. The molecule has 0 fully saturated rings. The molecule has 2 N–H and O–H groups in total. The molecule has 0 aromatic heterocycles. The number of anilines is 1. The zero-order chi connectivity index (χ0) is 13.1. The smallest absolute Gasteiger partial charge is 0.394 e. The third-order valence-electron chi connectivity index (χ3n) is 2.54. The van der Waals surface area contributed by atoms with Crippen LogP contribution in [0.3, 0.4) is 0 Å². The molecule has 0 amide bonds. The van der Waals surface area contributed by atoms with Crippen molar-refractivity contribution in [3.05, 3.63) is 29.8 Å². The maximum absolute atomic E-state index is 12.5. The molecule has 5 heteroatoms. The molecule has 0 bridgehead atoms. The van der Waals surface area contributed by atoms with Gasteiger partial charge in [0.2, 0.25) is 0 Å². The molecule has 0 spiro atoms. The van der Waals surface area contributed by atoms with Crippen molar-refractivity contribution in [2.75, 3.05) is 11.9 Å². The molecule has 1 rings (SSSR count). The van der Waals surface area contributed by atoms with Crippen LogP contribution in [-0.2, 0) is 6.18 Å². The second kappa shape index (κ2) is 5.40. The topological polar surface area (TPSA) is 32.3 Å². The van der Waals surface area contributed by atoms with Gasteiger partial charge in [-0.05, 0) is 24.1 Å². The first-order chi connectivity index (χ1) is 7.84. The Labute approximate surface area is 98.5 Å². The van der Waals surface area contributed by atoms with Crippen molar-refractivity contribution in [1.82, 2.24) is 0 Å². The van der Waals surface area contributed by atoms with E-state index < -0.39 is 11.7 Å². The van der Waals surface area contributed by atoms with Gasteiger partial charge in [0.1, 0.15) is 0 Å². The summed E-state index contributed by atoms with van der Waals surface area (Å²) in [4.78, 5) is 0. The number of hydrogen-bond donors (Lipinski definition) is 2. The molecule has 17 heavy (non-hydrogen) atoms. The predicted molar refractivity (Wildman–Crippen MR) is 60.8 cm³/mol. The van der Waals surface area contributed by atoms with Gasteiger partial charge in [0.05, 0.1) is 18.2 Å². The van der Waals surface area contributed by atoms with Gasteiger partial charge in [-0.3, -0.25) is 0 Å². The zero-order valence-corrected chi connectivity index (χ0v) is 9.75. The monoisotopic (exact) mass is 247 g/mol. The minimum absolute atomic E-state index is 0.117. The summed E-state index contributed by atoms with van der Waals surface area (Å²) in [6.45, 7) is 3.66. The van der Waals surface area contributed by atoms with Gasteiger partial charge >= 0.3 is 6.18 Å². The molecule has 1 unspecified atom stereocenters. The van der Waals surface area contributed by atoms with E-state index in [1.807, 2.05) is 13.8 Å². The highest BCUT2D eigenvalue weighted by Gasteiger charge is 2.30. The van der Waals surface area contributed by atoms with E-state index in [2.05, 4.69) is 5.32 Å². The van der Waals surface area contributed by atoms with Crippen LogP contribution in [0.15, 0.2) is 24.3 Å². The normalized spacial score (nSPS) is 13.8. The number of halogens is 3. The lowest BCUT2D eigenvalue weighted by atomic mass is 10.0. The summed E-state index contributed by atoms with van der Waals surface area (Å²) in [5.41, 5.74) is -0.324. The average Bonchev–Trinajstić information content (AvgIpc) is 2.24. The van der Waals surface area contributed by atoms with Gasteiger partial charge in [0.15, 0.2) is 0 Å². The van der Waals surface area contributed by atoms with Crippen molar-refractivity contribution in [3.8, 4) is 0 Å². The molecule has 0 aliphatic rings. The minimum atomic E-state index is -4.34. The van der Waals surface area contributed by atoms with Crippen LogP contribution >= 0.6 is 0 Å². The second-order valence-corrected chi connectivity index (χ2v) is 4.26. The molecular formula is C12H16F3NO. The lowest BCUT2D eigenvalue weighted by Crippen LogP contribution is -2.29. The van der Waals surface area contributed by atoms with E-state index in [-0.39, 0.29) is 18.6 Å². The third-order valence-corrected chi connectivity index (χ3v) is 2.54. The Balaban J connectivity index is 2.85. The number of aliphatic hydroxyl groups is 1. The minimum Gasteiger partial charge on any atom is -0.394 e. The van der Waals surface area contributed by atoms with E-state index >= 15 is 0 Å². The van der Waals surface area contributed by atoms with Gasteiger partial charge in [-0.15, -0.1) is 0 Å². The molecule has 0 saturated carbocycles. The number of aliphatic hydroxyl groups excluding tert-OH is 1. The molecule has 1 aromatic carbocycles. The van der Waals surface area contributed by atoms with Crippen molar-refractivity contribution in [3.63, 3.8) is 0 Å². The van der Waals surface area contributed by atoms with Gasteiger partial charge in [-0.25, -0.2) is 0 Å². The van der Waals surface area contributed by atoms with E-state index in [9.17, 15) is 13.2 Å². The van der Waals surface area contributed by atoms with Crippen molar-refractivity contribution in [2.45, 2.75) is 26.1 Å². The Bertz CT molecular complexity index is 363. The Kier molecular flexibility index (Phi) is 4.40. The van der Waals surface area contributed by atoms with Crippen LogP contribution in [0.2, 0.25) is 0 Å². The maximum atomic E-state index is 12.5. The number of benzene rings is 1. The fraction of sp³-hybridized carbons (Fsp3) is 0.500. The van der Waals surface area contributed by atoms with Gasteiger partial charge in [0, 0.05) is 5.69 Å². The Hall–Kier alpha value is -1.23. The standard InChI is InChI=1S/C12H16F3NO/c1-8(2)11(7-17)16-10-5-3-4-9(6-10)12(13,14)15/h3-6,8,11,16-17H,7H2,1-2H3. The molecule has 1 atom stereocenters. The third kappa shape index (κ3) is 3.93. The highest BCUT2D eigenvalue weighted by atomic mass is 19.4. The molecule has 0 heterocycles. The van der Waals surface area contributed by atoms with Crippen LogP contribution in [0.1, 0.15) is 19.4 Å². The number of nitrogens with one attached hydrogen (secondary N) is 1. The Morgan fingerprint density at radius 3 is 2.41 bits per heavy atom. The fourth-order valence-corrected chi connectivity index (χ4v) is 1.42. The van der Waals surface area contributed by atoms with Crippen LogP contribution in [0.5, 0.6) is 0 Å². The molecule has 0 aliphatic carbocycles. The summed E-state index contributed by atoms with van der Waals surface area (Å²) in [7, 11) is 0. The molecular weight excluding hydrogens is 231 g/mol. The average molecular weight is 247 g/mol. The summed E-state index contributed by atoms with van der Waals surface area (Å²) in [6, 6.07) is 4.72. The van der Waals surface area contributed by atoms with E-state index in [0.717, 1.165) is 12.1 Å². The molecule has 0 saturated heterocycles. The molecule has 1 aromatic rings. The maximum Gasteiger partial charge on any atom is 0.416 e. The predicted octanol–water partition coefficient (Wildman–Crippen LogP) is 3.13. The SMILES string of the molecule is CC(C)C(CO)Nc1cccc(C(F)(F)F)c1. The largest absolute Gasteiger partial charge is 0.416 e. The highest BCUT2D eigenvalue weighted by Crippen LogP contribution is 2.30. The van der Waals surface area contributed by atoms with Crippen LogP contribution in [0.25, 0.3) is 0 Å². The van der Waals surface area contributed by atoms with E-state index in [1.54, 1.807) is 6.07 Å². The summed E-state index contributed by atoms with van der Waals surface area (Å²) < 4.78 is 37.4. The quantitative estimate of drug-likeness (QED) is 0.856. The number of rotatable bonds is 4. The lowest BCUT2D eigenvalue weighted by molar-refractivity contribution is -0.137. The molecule has 0 radical (unpaired) electrons. The molecule has 96 valence electrons. The second-order valence-electron chi connectivity index (χ2n) is 4.26. The van der Waals surface area contributed by atoms with E-state index in [4.69, 9.17) is 5.11 Å². The number of hydrogen-bond acceptors (Lipinski definition) is 2. The van der Waals surface area contributed by atoms with Crippen LogP contribution in [0, 0.1) is 5.92 Å². The van der Waals surface area contributed by atoms with Gasteiger partial charge < -0.3 is 10.4 Å². The van der Waals surface area contributed by atoms with Gasteiger partial charge in [-0.1, -0.05) is 19.9 Å². The Morgan fingerprint density at radius 1 is 1.29 bits per heavy atom. The van der Waals surface area contributed by atoms with Crippen LogP contribution in [0.4, 0.5) is 18.9 Å². The van der Waals surface area contributed by atoms with E-state index in [0.29, 0.717) is 5.69 Å². The molecule has 0 aliphatic heterocycles. The fourth-order valence-electron chi connectivity index (χ4n) is 1.42. The summed E-state index contributed by atoms with van der Waals surface area (Å²) in [5, 5.41) is 12.0. The first kappa shape index (κ1) is 13.8. The van der Waals surface area contributed by atoms with Gasteiger partial charge in [-0.2, -0.15) is 13.2 Å². The van der Waals surface area contributed by atoms with Crippen molar-refractivity contribution in [1.29, 1.82) is 0 Å². The lowest BCUT2D eigenvalue weighted by Gasteiger charge is -2.21. The molecule has 2 nitrogen and oxygen atoms in total. The van der Waals surface area contributed by atoms with Crippen LogP contribution < -0.4 is 5.32 Å².